The first-order chi connectivity index (χ1) is 11.5. The van der Waals surface area contributed by atoms with Crippen LogP contribution in [-0.2, 0) is 13.0 Å². The molecule has 1 aromatic heterocycles. The maximum atomic E-state index is 11.7. The van der Waals surface area contributed by atoms with Crippen LogP contribution in [0.5, 0.6) is 0 Å². The molecule has 0 radical (unpaired) electrons. The number of likely N-dealkylation sites (N-methyl/N-ethyl adjacent to an activating group) is 1. The third kappa shape index (κ3) is 2.44. The number of carbonyl (C=O) groups is 1. The van der Waals surface area contributed by atoms with Crippen LogP contribution in [0.15, 0.2) is 6.07 Å². The van der Waals surface area contributed by atoms with Gasteiger partial charge in [-0.15, -0.1) is 0 Å². The van der Waals surface area contributed by atoms with Crippen LogP contribution >= 0.6 is 0 Å². The summed E-state index contributed by atoms with van der Waals surface area (Å²) in [6.45, 7) is 5.85. The van der Waals surface area contributed by atoms with Crippen LogP contribution in [0.4, 0.5) is 0 Å². The van der Waals surface area contributed by atoms with Crippen molar-refractivity contribution >= 4 is 5.97 Å². The second-order valence-corrected chi connectivity index (χ2v) is 7.21. The van der Waals surface area contributed by atoms with Crippen molar-refractivity contribution in [3.8, 4) is 11.4 Å². The first-order valence-corrected chi connectivity index (χ1v) is 8.59. The highest BCUT2D eigenvalue weighted by Gasteiger charge is 2.31. The number of fused-ring (bicyclic) bond motifs is 1. The van der Waals surface area contributed by atoms with Crippen LogP contribution in [0.3, 0.4) is 0 Å². The summed E-state index contributed by atoms with van der Waals surface area (Å²) in [5.41, 5.74) is 6.93. The number of aromatic amines is 1. The summed E-state index contributed by atoms with van der Waals surface area (Å²) in [5, 5.41) is 9.57. The van der Waals surface area contributed by atoms with Gasteiger partial charge in [0.15, 0.2) is 0 Å². The number of aromatic nitrogens is 2. The summed E-state index contributed by atoms with van der Waals surface area (Å²) in [6, 6.07) is 1.83. The predicted octanol–water partition coefficient (Wildman–Crippen LogP) is 3.26. The molecule has 0 atom stereocenters. The monoisotopic (exact) mass is 325 g/mol. The fourth-order valence-corrected chi connectivity index (χ4v) is 3.81. The molecular weight excluding hydrogens is 302 g/mol. The van der Waals surface area contributed by atoms with Crippen molar-refractivity contribution in [2.45, 2.75) is 45.6 Å². The van der Waals surface area contributed by atoms with E-state index in [1.54, 1.807) is 0 Å². The van der Waals surface area contributed by atoms with Crippen molar-refractivity contribution in [2.75, 3.05) is 13.6 Å². The topological polar surface area (TPSA) is 69.2 Å². The maximum Gasteiger partial charge on any atom is 0.335 e. The van der Waals surface area contributed by atoms with Crippen molar-refractivity contribution in [1.29, 1.82) is 0 Å². The highest BCUT2D eigenvalue weighted by atomic mass is 16.4. The Balaban J connectivity index is 1.89. The molecule has 1 aliphatic heterocycles. The number of aromatic carboxylic acids is 1. The number of H-pyrrole nitrogens is 1. The van der Waals surface area contributed by atoms with Crippen LogP contribution in [0.25, 0.3) is 11.4 Å². The van der Waals surface area contributed by atoms with Gasteiger partial charge in [0, 0.05) is 25.1 Å². The van der Waals surface area contributed by atoms with Gasteiger partial charge in [-0.3, -0.25) is 0 Å². The van der Waals surface area contributed by atoms with Crippen LogP contribution in [-0.4, -0.2) is 39.5 Å². The van der Waals surface area contributed by atoms with E-state index >= 15 is 0 Å². The molecule has 2 aromatic rings. The summed E-state index contributed by atoms with van der Waals surface area (Å²) in [4.78, 5) is 22.2. The summed E-state index contributed by atoms with van der Waals surface area (Å²) < 4.78 is 0. The molecule has 2 aliphatic rings. The zero-order chi connectivity index (χ0) is 17.0. The number of nitrogens with zero attached hydrogens (tertiary/aromatic N) is 2. The zero-order valence-corrected chi connectivity index (χ0v) is 14.4. The van der Waals surface area contributed by atoms with Gasteiger partial charge >= 0.3 is 5.97 Å². The van der Waals surface area contributed by atoms with E-state index in [1.165, 1.54) is 18.4 Å². The van der Waals surface area contributed by atoms with Crippen molar-refractivity contribution < 1.29 is 9.90 Å². The second kappa shape index (κ2) is 5.45. The van der Waals surface area contributed by atoms with Gasteiger partial charge in [0.2, 0.25) is 0 Å². The van der Waals surface area contributed by atoms with Crippen LogP contribution in [0.1, 0.15) is 57.2 Å². The minimum absolute atomic E-state index is 0.387. The molecule has 2 heterocycles. The van der Waals surface area contributed by atoms with Crippen LogP contribution < -0.4 is 0 Å². The van der Waals surface area contributed by atoms with Crippen LogP contribution in [0.2, 0.25) is 0 Å². The molecule has 1 saturated carbocycles. The predicted molar refractivity (Wildman–Crippen MR) is 92.5 cm³/mol. The summed E-state index contributed by atoms with van der Waals surface area (Å²) in [6.07, 6.45) is 3.31. The first-order valence-electron chi connectivity index (χ1n) is 8.59. The van der Waals surface area contributed by atoms with Gasteiger partial charge < -0.3 is 15.0 Å². The molecule has 1 aliphatic carbocycles. The second-order valence-electron chi connectivity index (χ2n) is 7.21. The molecule has 0 spiro atoms. The van der Waals surface area contributed by atoms with Gasteiger partial charge in [-0.2, -0.15) is 0 Å². The number of nitrogens with one attached hydrogen (secondary N) is 1. The molecular formula is C19H23N3O2. The lowest BCUT2D eigenvalue weighted by Crippen LogP contribution is -2.26. The fourth-order valence-electron chi connectivity index (χ4n) is 3.81. The average molecular weight is 325 g/mol. The lowest BCUT2D eigenvalue weighted by molar-refractivity contribution is 0.0696. The van der Waals surface area contributed by atoms with E-state index in [0.29, 0.717) is 11.5 Å². The molecule has 126 valence electrons. The van der Waals surface area contributed by atoms with E-state index in [-0.39, 0.29) is 0 Å². The van der Waals surface area contributed by atoms with Crippen LogP contribution in [0, 0.1) is 13.8 Å². The van der Waals surface area contributed by atoms with E-state index in [2.05, 4.69) is 23.9 Å². The molecule has 0 amide bonds. The molecule has 0 unspecified atom stereocenters. The molecule has 5 heteroatoms. The quantitative estimate of drug-likeness (QED) is 0.909. The number of carboxylic acids is 1. The molecule has 0 bridgehead atoms. The van der Waals surface area contributed by atoms with E-state index in [0.717, 1.165) is 53.4 Å². The summed E-state index contributed by atoms with van der Waals surface area (Å²) in [7, 11) is 2.11. The van der Waals surface area contributed by atoms with Gasteiger partial charge in [-0.25, -0.2) is 9.78 Å². The zero-order valence-electron chi connectivity index (χ0n) is 14.4. The van der Waals surface area contributed by atoms with E-state index in [9.17, 15) is 9.90 Å². The SMILES string of the molecule is Cc1c(C(=O)O)cc(-c2nc3c([nH]2)CN(C)CC3)c(C2CC2)c1C. The van der Waals surface area contributed by atoms with Crippen molar-refractivity contribution in [2.24, 2.45) is 0 Å². The van der Waals surface area contributed by atoms with Crippen molar-refractivity contribution in [3.63, 3.8) is 0 Å². The Morgan fingerprint density at radius 1 is 1.33 bits per heavy atom. The average Bonchev–Trinajstić information content (AvgIpc) is 3.28. The third-order valence-electron chi connectivity index (χ3n) is 5.44. The maximum absolute atomic E-state index is 11.7. The highest BCUT2D eigenvalue weighted by molar-refractivity contribution is 5.92. The van der Waals surface area contributed by atoms with E-state index in [1.807, 2.05) is 13.0 Å². The lowest BCUT2D eigenvalue weighted by Gasteiger charge is -2.20. The molecule has 2 N–H and O–H groups in total. The summed E-state index contributed by atoms with van der Waals surface area (Å²) in [5.74, 6) is 0.518. The normalized spacial score (nSPS) is 17.8. The Bertz CT molecular complexity index is 834. The molecule has 1 fully saturated rings. The van der Waals surface area contributed by atoms with Gasteiger partial charge in [0.25, 0.3) is 0 Å². The minimum Gasteiger partial charge on any atom is -0.478 e. The molecule has 0 saturated heterocycles. The van der Waals surface area contributed by atoms with Crippen molar-refractivity contribution in [1.82, 2.24) is 14.9 Å². The summed E-state index contributed by atoms with van der Waals surface area (Å²) >= 11 is 0. The highest BCUT2D eigenvalue weighted by Crippen LogP contribution is 2.47. The Labute approximate surface area is 141 Å². The molecule has 5 nitrogen and oxygen atoms in total. The van der Waals surface area contributed by atoms with Gasteiger partial charge in [-0.05, 0) is 62.4 Å². The van der Waals surface area contributed by atoms with Gasteiger partial charge in [0.05, 0.1) is 17.0 Å². The standard InChI is InChI=1S/C19H23N3O2/c1-10-11(2)17(12-4-5-12)14(8-13(10)19(23)24)18-20-15-6-7-22(3)9-16(15)21-18/h8,12H,4-7,9H2,1-3H3,(H,20,21)(H,23,24). The van der Waals surface area contributed by atoms with Gasteiger partial charge in [0.1, 0.15) is 5.82 Å². The van der Waals surface area contributed by atoms with Crippen molar-refractivity contribution in [3.05, 3.63) is 39.7 Å². The number of carboxylic acid groups (broad SMARTS) is 1. The van der Waals surface area contributed by atoms with E-state index < -0.39 is 5.97 Å². The largest absolute Gasteiger partial charge is 0.478 e. The number of rotatable bonds is 3. The lowest BCUT2D eigenvalue weighted by atomic mass is 9.90. The molecule has 24 heavy (non-hydrogen) atoms. The number of benzene rings is 1. The van der Waals surface area contributed by atoms with E-state index in [4.69, 9.17) is 4.98 Å². The Hall–Kier alpha value is -2.14. The Morgan fingerprint density at radius 2 is 2.08 bits per heavy atom. The number of imidazole rings is 1. The molecule has 1 aromatic carbocycles. The Kier molecular flexibility index (Phi) is 3.49. The fraction of sp³-hybridized carbons (Fsp3) is 0.474. The Morgan fingerprint density at radius 3 is 2.75 bits per heavy atom. The smallest absolute Gasteiger partial charge is 0.335 e. The third-order valence-corrected chi connectivity index (χ3v) is 5.44. The van der Waals surface area contributed by atoms with Gasteiger partial charge in [-0.1, -0.05) is 0 Å². The number of hydrogen-bond donors (Lipinski definition) is 2. The first kappa shape index (κ1) is 15.4. The number of hydrogen-bond acceptors (Lipinski definition) is 3. The molecule has 4 rings (SSSR count). The minimum atomic E-state index is -0.866.